The van der Waals surface area contributed by atoms with Gasteiger partial charge in [-0.3, -0.25) is 0 Å². The first kappa shape index (κ1) is 10.0. The van der Waals surface area contributed by atoms with E-state index in [0.717, 1.165) is 34.7 Å². The maximum Gasteiger partial charge on any atom is 0.231 e. The van der Waals surface area contributed by atoms with Crippen LogP contribution in [0.25, 0.3) is 11.3 Å². The quantitative estimate of drug-likeness (QED) is 0.859. The van der Waals surface area contributed by atoms with Gasteiger partial charge in [-0.2, -0.15) is 0 Å². The first-order chi connectivity index (χ1) is 8.28. The Bertz CT molecular complexity index is 563. The molecule has 1 aliphatic heterocycles. The molecule has 0 amide bonds. The SMILES string of the molecule is CCc1cc2c(cc1-c1cc(N)on1)OCO2. The first-order valence-corrected chi connectivity index (χ1v) is 5.43. The molecule has 17 heavy (non-hydrogen) atoms. The summed E-state index contributed by atoms with van der Waals surface area (Å²) in [7, 11) is 0. The van der Waals surface area contributed by atoms with E-state index in [1.165, 1.54) is 0 Å². The van der Waals surface area contributed by atoms with Crippen LogP contribution in [0.5, 0.6) is 11.5 Å². The van der Waals surface area contributed by atoms with Crippen LogP contribution in [0.4, 0.5) is 5.88 Å². The molecule has 0 aliphatic carbocycles. The first-order valence-electron chi connectivity index (χ1n) is 5.43. The number of nitrogens with zero attached hydrogens (tertiary/aromatic N) is 1. The molecule has 0 fully saturated rings. The number of nitrogen functional groups attached to an aromatic ring is 1. The fraction of sp³-hybridized carbons (Fsp3) is 0.250. The topological polar surface area (TPSA) is 70.5 Å². The summed E-state index contributed by atoms with van der Waals surface area (Å²) in [5, 5.41) is 3.92. The minimum Gasteiger partial charge on any atom is -0.454 e. The predicted octanol–water partition coefficient (Wildman–Crippen LogP) is 2.21. The van der Waals surface area contributed by atoms with E-state index >= 15 is 0 Å². The van der Waals surface area contributed by atoms with Crippen molar-refractivity contribution in [3.63, 3.8) is 0 Å². The number of anilines is 1. The van der Waals surface area contributed by atoms with Crippen molar-refractivity contribution in [2.24, 2.45) is 0 Å². The highest BCUT2D eigenvalue weighted by Gasteiger charge is 2.18. The summed E-state index contributed by atoms with van der Waals surface area (Å²) in [6.45, 7) is 2.34. The molecule has 0 atom stereocenters. The lowest BCUT2D eigenvalue weighted by atomic mass is 10.0. The smallest absolute Gasteiger partial charge is 0.231 e. The Morgan fingerprint density at radius 2 is 2.00 bits per heavy atom. The molecule has 88 valence electrons. The molecule has 1 aromatic heterocycles. The summed E-state index contributed by atoms with van der Waals surface area (Å²) >= 11 is 0. The van der Waals surface area contributed by atoms with Crippen molar-refractivity contribution in [3.8, 4) is 22.8 Å². The number of aryl methyl sites for hydroxylation is 1. The monoisotopic (exact) mass is 232 g/mol. The fourth-order valence-electron chi connectivity index (χ4n) is 1.93. The second kappa shape index (κ2) is 3.69. The molecule has 0 radical (unpaired) electrons. The standard InChI is InChI=1S/C12H12N2O3/c1-2-7-3-10-11(16-6-15-10)4-8(7)9-5-12(13)17-14-9/h3-5H,2,6,13H2,1H3. The van der Waals surface area contributed by atoms with Crippen LogP contribution in [0.15, 0.2) is 22.7 Å². The van der Waals surface area contributed by atoms with E-state index in [-0.39, 0.29) is 6.79 Å². The molecule has 2 heterocycles. The van der Waals surface area contributed by atoms with Gasteiger partial charge in [-0.05, 0) is 24.1 Å². The number of rotatable bonds is 2. The Morgan fingerprint density at radius 3 is 2.65 bits per heavy atom. The lowest BCUT2D eigenvalue weighted by Crippen LogP contribution is -1.92. The average Bonchev–Trinajstić information content (AvgIpc) is 2.94. The van der Waals surface area contributed by atoms with Gasteiger partial charge in [0.05, 0.1) is 0 Å². The van der Waals surface area contributed by atoms with Gasteiger partial charge >= 0.3 is 0 Å². The number of nitrogens with two attached hydrogens (primary N) is 1. The predicted molar refractivity (Wildman–Crippen MR) is 61.9 cm³/mol. The van der Waals surface area contributed by atoms with Crippen molar-refractivity contribution >= 4 is 5.88 Å². The molecule has 1 aliphatic rings. The largest absolute Gasteiger partial charge is 0.454 e. The summed E-state index contributed by atoms with van der Waals surface area (Å²) < 4.78 is 15.6. The summed E-state index contributed by atoms with van der Waals surface area (Å²) in [5.74, 6) is 1.82. The number of ether oxygens (including phenoxy) is 2. The average molecular weight is 232 g/mol. The molecule has 0 bridgehead atoms. The number of benzene rings is 1. The second-order valence-electron chi connectivity index (χ2n) is 3.83. The fourth-order valence-corrected chi connectivity index (χ4v) is 1.93. The Balaban J connectivity index is 2.15. The Labute approximate surface area is 98.1 Å². The van der Waals surface area contributed by atoms with Crippen molar-refractivity contribution < 1.29 is 14.0 Å². The van der Waals surface area contributed by atoms with Gasteiger partial charge in [0, 0.05) is 11.6 Å². The highest BCUT2D eigenvalue weighted by molar-refractivity contribution is 5.70. The summed E-state index contributed by atoms with van der Waals surface area (Å²) in [4.78, 5) is 0. The summed E-state index contributed by atoms with van der Waals surface area (Å²) in [5.41, 5.74) is 8.35. The van der Waals surface area contributed by atoms with Crippen LogP contribution in [-0.4, -0.2) is 11.9 Å². The van der Waals surface area contributed by atoms with E-state index in [0.29, 0.717) is 5.88 Å². The number of aromatic nitrogens is 1. The van der Waals surface area contributed by atoms with Crippen LogP contribution in [0.3, 0.4) is 0 Å². The molecule has 3 rings (SSSR count). The third-order valence-corrected chi connectivity index (χ3v) is 2.78. The zero-order chi connectivity index (χ0) is 11.8. The summed E-state index contributed by atoms with van der Waals surface area (Å²) in [6, 6.07) is 5.59. The molecule has 0 spiro atoms. The van der Waals surface area contributed by atoms with Crippen molar-refractivity contribution in [2.75, 3.05) is 12.5 Å². The van der Waals surface area contributed by atoms with E-state index in [1.54, 1.807) is 6.07 Å². The third kappa shape index (κ3) is 1.60. The molecule has 0 saturated carbocycles. The number of hydrogen-bond acceptors (Lipinski definition) is 5. The highest BCUT2D eigenvalue weighted by atomic mass is 16.7. The van der Waals surface area contributed by atoms with Gasteiger partial charge < -0.3 is 19.7 Å². The van der Waals surface area contributed by atoms with E-state index in [1.807, 2.05) is 12.1 Å². The lowest BCUT2D eigenvalue weighted by molar-refractivity contribution is 0.174. The van der Waals surface area contributed by atoms with Gasteiger partial charge in [-0.25, -0.2) is 0 Å². The van der Waals surface area contributed by atoms with E-state index in [9.17, 15) is 0 Å². The number of hydrogen-bond donors (Lipinski definition) is 1. The maximum atomic E-state index is 5.54. The molecule has 0 unspecified atom stereocenters. The zero-order valence-corrected chi connectivity index (χ0v) is 9.40. The summed E-state index contributed by atoms with van der Waals surface area (Å²) in [6.07, 6.45) is 0.874. The Hall–Kier alpha value is -2.17. The molecule has 5 nitrogen and oxygen atoms in total. The van der Waals surface area contributed by atoms with Crippen molar-refractivity contribution in [1.29, 1.82) is 0 Å². The van der Waals surface area contributed by atoms with Gasteiger partial charge in [-0.1, -0.05) is 12.1 Å². The van der Waals surface area contributed by atoms with Crippen molar-refractivity contribution in [3.05, 3.63) is 23.8 Å². The van der Waals surface area contributed by atoms with Crippen LogP contribution in [-0.2, 0) is 6.42 Å². The van der Waals surface area contributed by atoms with Crippen LogP contribution < -0.4 is 15.2 Å². The Kier molecular flexibility index (Phi) is 2.18. The van der Waals surface area contributed by atoms with E-state index in [4.69, 9.17) is 19.7 Å². The second-order valence-corrected chi connectivity index (χ2v) is 3.83. The molecule has 2 N–H and O–H groups in total. The Morgan fingerprint density at radius 1 is 1.24 bits per heavy atom. The van der Waals surface area contributed by atoms with Crippen LogP contribution in [0, 0.1) is 0 Å². The van der Waals surface area contributed by atoms with E-state index in [2.05, 4.69) is 12.1 Å². The van der Waals surface area contributed by atoms with Crippen molar-refractivity contribution in [2.45, 2.75) is 13.3 Å². The van der Waals surface area contributed by atoms with Crippen LogP contribution >= 0.6 is 0 Å². The molecular formula is C12H12N2O3. The van der Waals surface area contributed by atoms with Crippen LogP contribution in [0.2, 0.25) is 0 Å². The zero-order valence-electron chi connectivity index (χ0n) is 9.40. The minimum atomic E-state index is 0.267. The molecule has 2 aromatic rings. The van der Waals surface area contributed by atoms with Gasteiger partial charge in [-0.15, -0.1) is 0 Å². The molecule has 5 heteroatoms. The third-order valence-electron chi connectivity index (χ3n) is 2.78. The molecule has 1 aromatic carbocycles. The van der Waals surface area contributed by atoms with Gasteiger partial charge in [0.25, 0.3) is 0 Å². The molecule has 0 saturated heterocycles. The van der Waals surface area contributed by atoms with Gasteiger partial charge in [0.2, 0.25) is 12.7 Å². The lowest BCUT2D eigenvalue weighted by Gasteiger charge is -2.06. The maximum absolute atomic E-state index is 5.54. The normalized spacial score (nSPS) is 13.0. The van der Waals surface area contributed by atoms with Crippen molar-refractivity contribution in [1.82, 2.24) is 5.16 Å². The highest BCUT2D eigenvalue weighted by Crippen LogP contribution is 2.38. The van der Waals surface area contributed by atoms with E-state index < -0.39 is 0 Å². The molecular weight excluding hydrogens is 220 g/mol. The number of fused-ring (bicyclic) bond motifs is 1. The minimum absolute atomic E-state index is 0.267. The van der Waals surface area contributed by atoms with Gasteiger partial charge in [0.1, 0.15) is 5.69 Å². The van der Waals surface area contributed by atoms with Gasteiger partial charge in [0.15, 0.2) is 11.5 Å². The van der Waals surface area contributed by atoms with Crippen LogP contribution in [0.1, 0.15) is 12.5 Å².